The summed E-state index contributed by atoms with van der Waals surface area (Å²) in [7, 11) is 0. The predicted octanol–water partition coefficient (Wildman–Crippen LogP) is 3.44. The largest absolute Gasteiger partial charge is 0.378 e. The average molecular weight is 637 g/mol. The van der Waals surface area contributed by atoms with Crippen LogP contribution in [0.1, 0.15) is 41.6 Å². The van der Waals surface area contributed by atoms with Gasteiger partial charge in [0.25, 0.3) is 5.91 Å². The number of carbonyl (C=O) groups excluding carboxylic acids is 3. The van der Waals surface area contributed by atoms with Crippen LogP contribution in [0.5, 0.6) is 0 Å². The zero-order valence-corrected chi connectivity index (χ0v) is 26.2. The van der Waals surface area contributed by atoms with Gasteiger partial charge >= 0.3 is 0 Å². The molecule has 0 bridgehead atoms. The lowest BCUT2D eigenvalue weighted by molar-refractivity contribution is -0.130. The Morgan fingerprint density at radius 1 is 0.915 bits per heavy atom. The van der Waals surface area contributed by atoms with Gasteiger partial charge in [-0.3, -0.25) is 14.4 Å². The third-order valence-electron chi connectivity index (χ3n) is 9.05. The Labute approximate surface area is 273 Å². The molecule has 244 valence electrons. The Bertz CT molecular complexity index is 1660. The van der Waals surface area contributed by atoms with Crippen LogP contribution in [0.25, 0.3) is 22.5 Å². The van der Waals surface area contributed by atoms with E-state index in [-0.39, 0.29) is 30.1 Å². The van der Waals surface area contributed by atoms with E-state index in [0.29, 0.717) is 55.8 Å². The minimum atomic E-state index is -0.809. The van der Waals surface area contributed by atoms with E-state index in [1.54, 1.807) is 24.3 Å². The van der Waals surface area contributed by atoms with E-state index in [0.717, 1.165) is 47.9 Å². The number of anilines is 1. The Morgan fingerprint density at radius 2 is 1.64 bits per heavy atom. The number of tetrazole rings is 1. The van der Waals surface area contributed by atoms with Crippen LogP contribution in [-0.4, -0.2) is 82.1 Å². The fraction of sp³-hybridized carbons (Fsp3) is 0.371. The van der Waals surface area contributed by atoms with Crippen molar-refractivity contribution in [3.8, 4) is 22.5 Å². The molecule has 6 rings (SSSR count). The number of hydrogen-bond donors (Lipinski definition) is 4. The maximum atomic E-state index is 13.7. The van der Waals surface area contributed by atoms with E-state index in [1.807, 2.05) is 53.4 Å². The van der Waals surface area contributed by atoms with Crippen molar-refractivity contribution in [2.24, 2.45) is 17.6 Å². The molecule has 1 aromatic heterocycles. The van der Waals surface area contributed by atoms with Crippen LogP contribution < -0.4 is 16.4 Å². The molecule has 47 heavy (non-hydrogen) atoms. The SMILES string of the molecule is NCC1CCC(C(=O)NC(Cc2cccc(-c3cccc(C(=O)N4CCOCC4)c3)c2)C(=O)Nc2ccc(-c3nn[nH]n3)cc2)CC1. The molecule has 1 atom stereocenters. The number of carbonyl (C=O) groups is 3. The van der Waals surface area contributed by atoms with Crippen LogP contribution in [0.4, 0.5) is 5.69 Å². The minimum absolute atomic E-state index is 0.0171. The third kappa shape index (κ3) is 8.08. The molecule has 3 amide bonds. The van der Waals surface area contributed by atoms with Gasteiger partial charge in [0.05, 0.1) is 13.2 Å². The summed E-state index contributed by atoms with van der Waals surface area (Å²) in [5, 5.41) is 20.0. The first-order valence-corrected chi connectivity index (χ1v) is 16.2. The van der Waals surface area contributed by atoms with Crippen LogP contribution in [-0.2, 0) is 20.7 Å². The molecule has 1 saturated heterocycles. The maximum Gasteiger partial charge on any atom is 0.254 e. The van der Waals surface area contributed by atoms with Gasteiger partial charge in [0, 0.05) is 42.2 Å². The number of aromatic nitrogens is 4. The summed E-state index contributed by atoms with van der Waals surface area (Å²) in [6.07, 6.45) is 3.63. The second-order valence-corrected chi connectivity index (χ2v) is 12.2. The smallest absolute Gasteiger partial charge is 0.254 e. The highest BCUT2D eigenvalue weighted by Gasteiger charge is 2.29. The monoisotopic (exact) mass is 636 g/mol. The Balaban J connectivity index is 1.19. The van der Waals surface area contributed by atoms with Gasteiger partial charge in [-0.1, -0.05) is 36.4 Å². The predicted molar refractivity (Wildman–Crippen MR) is 177 cm³/mol. The highest BCUT2D eigenvalue weighted by atomic mass is 16.5. The van der Waals surface area contributed by atoms with E-state index >= 15 is 0 Å². The summed E-state index contributed by atoms with van der Waals surface area (Å²) >= 11 is 0. The molecule has 12 heteroatoms. The van der Waals surface area contributed by atoms with Crippen LogP contribution in [0.15, 0.2) is 72.8 Å². The number of H-pyrrole nitrogens is 1. The van der Waals surface area contributed by atoms with Crippen molar-refractivity contribution >= 4 is 23.4 Å². The Hall–Kier alpha value is -4.94. The average Bonchev–Trinajstić information content (AvgIpc) is 3.67. The van der Waals surface area contributed by atoms with Gasteiger partial charge in [-0.05, 0) is 96.4 Å². The van der Waals surface area contributed by atoms with Gasteiger partial charge in [-0.2, -0.15) is 5.21 Å². The number of rotatable bonds is 10. The summed E-state index contributed by atoms with van der Waals surface area (Å²) in [6.45, 7) is 2.86. The molecule has 1 aliphatic carbocycles. The van der Waals surface area contributed by atoms with Crippen molar-refractivity contribution in [3.05, 3.63) is 83.9 Å². The zero-order chi connectivity index (χ0) is 32.6. The Morgan fingerprint density at radius 3 is 2.34 bits per heavy atom. The topological polar surface area (TPSA) is 168 Å². The van der Waals surface area contributed by atoms with Crippen molar-refractivity contribution in [1.29, 1.82) is 0 Å². The number of nitrogens with two attached hydrogens (primary N) is 1. The number of morpholine rings is 1. The molecule has 12 nitrogen and oxygen atoms in total. The van der Waals surface area contributed by atoms with E-state index < -0.39 is 6.04 Å². The second-order valence-electron chi connectivity index (χ2n) is 12.2. The van der Waals surface area contributed by atoms with Crippen LogP contribution in [0.2, 0.25) is 0 Å². The van der Waals surface area contributed by atoms with Gasteiger partial charge in [0.1, 0.15) is 6.04 Å². The summed E-state index contributed by atoms with van der Waals surface area (Å²) in [6, 6.07) is 21.8. The van der Waals surface area contributed by atoms with Crippen LogP contribution in [0.3, 0.4) is 0 Å². The molecular weight excluding hydrogens is 596 g/mol. The number of hydrogen-bond acceptors (Lipinski definition) is 8. The lowest BCUT2D eigenvalue weighted by Crippen LogP contribution is -2.48. The molecule has 2 heterocycles. The first kappa shape index (κ1) is 32.0. The molecule has 2 aliphatic rings. The van der Waals surface area contributed by atoms with Crippen molar-refractivity contribution < 1.29 is 19.1 Å². The molecule has 0 spiro atoms. The second kappa shape index (κ2) is 15.1. The number of nitrogens with one attached hydrogen (secondary N) is 3. The van der Waals surface area contributed by atoms with Gasteiger partial charge in [0.15, 0.2) is 0 Å². The van der Waals surface area contributed by atoms with E-state index in [2.05, 4.69) is 31.3 Å². The van der Waals surface area contributed by atoms with Gasteiger partial charge in [-0.15, -0.1) is 10.2 Å². The molecule has 1 aliphatic heterocycles. The molecule has 3 aromatic carbocycles. The van der Waals surface area contributed by atoms with Gasteiger partial charge in [0.2, 0.25) is 17.6 Å². The molecule has 5 N–H and O–H groups in total. The number of benzene rings is 3. The van der Waals surface area contributed by atoms with E-state index in [1.165, 1.54) is 0 Å². The summed E-state index contributed by atoms with van der Waals surface area (Å²) in [5.41, 5.74) is 10.5. The summed E-state index contributed by atoms with van der Waals surface area (Å²) in [4.78, 5) is 42.1. The van der Waals surface area contributed by atoms with Crippen molar-refractivity contribution in [2.75, 3.05) is 38.2 Å². The van der Waals surface area contributed by atoms with Gasteiger partial charge in [-0.25, -0.2) is 0 Å². The maximum absolute atomic E-state index is 13.7. The summed E-state index contributed by atoms with van der Waals surface area (Å²) < 4.78 is 5.40. The molecule has 1 unspecified atom stereocenters. The third-order valence-corrected chi connectivity index (χ3v) is 9.05. The zero-order valence-electron chi connectivity index (χ0n) is 26.2. The number of ether oxygens (including phenoxy) is 1. The highest BCUT2D eigenvalue weighted by molar-refractivity contribution is 5.98. The summed E-state index contributed by atoms with van der Waals surface area (Å²) in [5.74, 6) is 0.299. The van der Waals surface area contributed by atoms with Crippen molar-refractivity contribution in [2.45, 2.75) is 38.1 Å². The molecule has 4 aromatic rings. The molecule has 0 radical (unpaired) electrons. The fourth-order valence-electron chi connectivity index (χ4n) is 6.27. The van der Waals surface area contributed by atoms with Crippen molar-refractivity contribution in [3.63, 3.8) is 0 Å². The number of nitrogens with zero attached hydrogens (tertiary/aromatic N) is 4. The lowest BCUT2D eigenvalue weighted by Gasteiger charge is -2.28. The standard InChI is InChI=1S/C35H40N8O4/c36-22-23-7-9-26(10-8-23)33(44)38-31(34(45)37-30-13-11-25(12-14-30)32-39-41-42-40-32)20-24-3-1-4-27(19-24)28-5-2-6-29(21-28)35(46)43-15-17-47-18-16-43/h1-6,11-14,19,21,23,26,31H,7-10,15-18,20,22,36H2,(H,37,45)(H,38,44)(H,39,40,41,42). The highest BCUT2D eigenvalue weighted by Crippen LogP contribution is 2.29. The lowest BCUT2D eigenvalue weighted by atomic mass is 9.81. The van der Waals surface area contributed by atoms with E-state index in [9.17, 15) is 14.4 Å². The van der Waals surface area contributed by atoms with Crippen LogP contribution >= 0.6 is 0 Å². The van der Waals surface area contributed by atoms with Crippen LogP contribution in [0, 0.1) is 11.8 Å². The number of amides is 3. The first-order valence-electron chi connectivity index (χ1n) is 16.2. The fourth-order valence-corrected chi connectivity index (χ4v) is 6.27. The minimum Gasteiger partial charge on any atom is -0.378 e. The quantitative estimate of drug-likeness (QED) is 0.205. The number of aromatic amines is 1. The molecule has 2 fully saturated rings. The van der Waals surface area contributed by atoms with Gasteiger partial charge < -0.3 is 26.0 Å². The molecular formula is C35H40N8O4. The Kier molecular flexibility index (Phi) is 10.3. The first-order chi connectivity index (χ1) is 23.0. The van der Waals surface area contributed by atoms with Crippen molar-refractivity contribution in [1.82, 2.24) is 30.8 Å². The van der Waals surface area contributed by atoms with E-state index in [4.69, 9.17) is 10.5 Å². The molecule has 1 saturated carbocycles. The normalized spacial score (nSPS) is 18.7.